The third-order valence-electron chi connectivity index (χ3n) is 4.03. The van der Waals surface area contributed by atoms with Crippen LogP contribution < -0.4 is 5.32 Å². The molecular formula is C14H18FNOS. The summed E-state index contributed by atoms with van der Waals surface area (Å²) in [5, 5.41) is 12.8. The van der Waals surface area contributed by atoms with Crippen molar-refractivity contribution < 1.29 is 9.50 Å². The molecule has 1 atom stereocenters. The molecule has 98 valence electrons. The van der Waals surface area contributed by atoms with E-state index < -0.39 is 0 Å². The van der Waals surface area contributed by atoms with Gasteiger partial charge in [-0.15, -0.1) is 11.8 Å². The van der Waals surface area contributed by atoms with E-state index in [2.05, 4.69) is 5.32 Å². The van der Waals surface area contributed by atoms with Gasteiger partial charge in [-0.2, -0.15) is 0 Å². The van der Waals surface area contributed by atoms with E-state index in [-0.39, 0.29) is 23.9 Å². The summed E-state index contributed by atoms with van der Waals surface area (Å²) in [7, 11) is 0. The van der Waals surface area contributed by atoms with Crippen molar-refractivity contribution in [3.8, 4) is 0 Å². The van der Waals surface area contributed by atoms with Crippen molar-refractivity contribution in [2.45, 2.75) is 30.2 Å². The number of rotatable bonds is 4. The Morgan fingerprint density at radius 3 is 3.00 bits per heavy atom. The molecule has 0 saturated heterocycles. The molecule has 1 aromatic rings. The Labute approximate surface area is 111 Å². The van der Waals surface area contributed by atoms with E-state index in [4.69, 9.17) is 0 Å². The fourth-order valence-electron chi connectivity index (χ4n) is 2.48. The lowest BCUT2D eigenvalue weighted by Gasteiger charge is -2.27. The first-order chi connectivity index (χ1) is 8.72. The summed E-state index contributed by atoms with van der Waals surface area (Å²) in [6.07, 6.45) is 3.24. The van der Waals surface area contributed by atoms with Crippen LogP contribution in [0.25, 0.3) is 0 Å². The first-order valence-corrected chi connectivity index (χ1v) is 7.48. The number of aliphatic hydroxyl groups is 1. The summed E-state index contributed by atoms with van der Waals surface area (Å²) >= 11 is 1.80. The molecule has 1 fully saturated rings. The summed E-state index contributed by atoms with van der Waals surface area (Å²) in [5.41, 5.74) is 1.19. The molecule has 0 amide bonds. The van der Waals surface area contributed by atoms with Crippen LogP contribution in [0, 0.1) is 11.2 Å². The predicted octanol–water partition coefficient (Wildman–Crippen LogP) is 2.72. The highest BCUT2D eigenvalue weighted by Gasteiger charge is 2.42. The number of hydrogen-bond acceptors (Lipinski definition) is 3. The van der Waals surface area contributed by atoms with E-state index in [9.17, 15) is 9.50 Å². The smallest absolute Gasteiger partial charge is 0.123 e. The van der Waals surface area contributed by atoms with Gasteiger partial charge < -0.3 is 10.4 Å². The zero-order chi connectivity index (χ0) is 12.6. The summed E-state index contributed by atoms with van der Waals surface area (Å²) < 4.78 is 13.3. The van der Waals surface area contributed by atoms with Crippen LogP contribution in [0.1, 0.15) is 30.9 Å². The second kappa shape index (κ2) is 4.83. The van der Waals surface area contributed by atoms with Gasteiger partial charge in [0, 0.05) is 29.5 Å². The van der Waals surface area contributed by atoms with Gasteiger partial charge in [0.2, 0.25) is 0 Å². The van der Waals surface area contributed by atoms with Crippen LogP contribution in [-0.4, -0.2) is 24.0 Å². The minimum absolute atomic E-state index is 0.109. The summed E-state index contributed by atoms with van der Waals surface area (Å²) in [4.78, 5) is 1.19. The van der Waals surface area contributed by atoms with Crippen LogP contribution in [0.5, 0.6) is 0 Å². The largest absolute Gasteiger partial charge is 0.396 e. The van der Waals surface area contributed by atoms with E-state index in [1.807, 2.05) is 6.07 Å². The predicted molar refractivity (Wildman–Crippen MR) is 71.2 cm³/mol. The van der Waals surface area contributed by atoms with Gasteiger partial charge in [-0.1, -0.05) is 0 Å². The third-order valence-corrected chi connectivity index (χ3v) is 5.15. The minimum atomic E-state index is -0.161. The maximum absolute atomic E-state index is 13.3. The molecule has 1 saturated carbocycles. The molecule has 1 aliphatic carbocycles. The van der Waals surface area contributed by atoms with Gasteiger partial charge in [0.25, 0.3) is 0 Å². The van der Waals surface area contributed by atoms with Gasteiger partial charge in [0.05, 0.1) is 0 Å². The number of nitrogens with one attached hydrogen (secondary N) is 1. The quantitative estimate of drug-likeness (QED) is 0.880. The molecule has 1 aliphatic heterocycles. The van der Waals surface area contributed by atoms with Crippen molar-refractivity contribution in [2.24, 2.45) is 5.41 Å². The molecule has 2 nitrogen and oxygen atoms in total. The molecule has 18 heavy (non-hydrogen) atoms. The molecule has 0 bridgehead atoms. The molecule has 1 unspecified atom stereocenters. The number of fused-ring (bicyclic) bond motifs is 1. The standard InChI is InChI=1S/C14H18FNOS/c15-10-1-2-13-11(7-10)12(3-6-18-13)16-8-14(9-17)4-5-14/h1-2,7,12,16-17H,3-6,8-9H2. The Kier molecular flexibility index (Phi) is 3.34. The highest BCUT2D eigenvalue weighted by atomic mass is 32.2. The van der Waals surface area contributed by atoms with Crippen molar-refractivity contribution in [1.82, 2.24) is 5.32 Å². The molecule has 4 heteroatoms. The van der Waals surface area contributed by atoms with E-state index >= 15 is 0 Å². The van der Waals surface area contributed by atoms with E-state index in [1.54, 1.807) is 17.8 Å². The maximum atomic E-state index is 13.3. The third kappa shape index (κ3) is 2.42. The Hall–Kier alpha value is -0.580. The van der Waals surface area contributed by atoms with Crippen molar-refractivity contribution in [2.75, 3.05) is 18.9 Å². The van der Waals surface area contributed by atoms with Crippen LogP contribution in [0.3, 0.4) is 0 Å². The summed E-state index contributed by atoms with van der Waals surface area (Å²) in [6, 6.07) is 5.30. The SMILES string of the molecule is OCC1(CNC2CCSc3ccc(F)cc32)CC1. The van der Waals surface area contributed by atoms with Crippen LogP contribution in [0.15, 0.2) is 23.1 Å². The van der Waals surface area contributed by atoms with Crippen molar-refractivity contribution >= 4 is 11.8 Å². The fourth-order valence-corrected chi connectivity index (χ4v) is 3.59. The highest BCUT2D eigenvalue weighted by Crippen LogP contribution is 2.45. The molecule has 0 radical (unpaired) electrons. The lowest BCUT2D eigenvalue weighted by atomic mass is 10.0. The van der Waals surface area contributed by atoms with Gasteiger partial charge in [0.15, 0.2) is 0 Å². The molecule has 2 N–H and O–H groups in total. The Balaban J connectivity index is 1.72. The topological polar surface area (TPSA) is 32.3 Å². The number of thioether (sulfide) groups is 1. The lowest BCUT2D eigenvalue weighted by molar-refractivity contribution is 0.203. The first-order valence-electron chi connectivity index (χ1n) is 6.49. The lowest BCUT2D eigenvalue weighted by Crippen LogP contribution is -2.31. The monoisotopic (exact) mass is 267 g/mol. The highest BCUT2D eigenvalue weighted by molar-refractivity contribution is 7.99. The Morgan fingerprint density at radius 1 is 1.44 bits per heavy atom. The number of halogens is 1. The molecule has 2 aliphatic rings. The average molecular weight is 267 g/mol. The van der Waals surface area contributed by atoms with Gasteiger partial charge >= 0.3 is 0 Å². The van der Waals surface area contributed by atoms with E-state index in [0.29, 0.717) is 0 Å². The van der Waals surface area contributed by atoms with Crippen LogP contribution in [0.4, 0.5) is 4.39 Å². The second-order valence-electron chi connectivity index (χ2n) is 5.41. The van der Waals surface area contributed by atoms with Crippen LogP contribution in [0.2, 0.25) is 0 Å². The molecule has 0 spiro atoms. The Morgan fingerprint density at radius 2 is 2.28 bits per heavy atom. The molecule has 3 rings (SSSR count). The average Bonchev–Trinajstić information content (AvgIpc) is 3.17. The van der Waals surface area contributed by atoms with E-state index in [0.717, 1.165) is 37.1 Å². The van der Waals surface area contributed by atoms with Crippen molar-refractivity contribution in [3.63, 3.8) is 0 Å². The second-order valence-corrected chi connectivity index (χ2v) is 6.55. The normalized spacial score (nSPS) is 24.7. The maximum Gasteiger partial charge on any atom is 0.123 e. The minimum Gasteiger partial charge on any atom is -0.396 e. The Bertz CT molecular complexity index is 447. The van der Waals surface area contributed by atoms with Gasteiger partial charge in [-0.3, -0.25) is 0 Å². The first kappa shape index (κ1) is 12.5. The zero-order valence-corrected chi connectivity index (χ0v) is 11.1. The fraction of sp³-hybridized carbons (Fsp3) is 0.571. The summed E-state index contributed by atoms with van der Waals surface area (Å²) in [6.45, 7) is 1.10. The van der Waals surface area contributed by atoms with Crippen molar-refractivity contribution in [1.29, 1.82) is 0 Å². The van der Waals surface area contributed by atoms with E-state index in [1.165, 1.54) is 11.0 Å². The molecular weight excluding hydrogens is 249 g/mol. The number of aliphatic hydroxyl groups excluding tert-OH is 1. The molecule has 1 heterocycles. The molecule has 0 aromatic heterocycles. The van der Waals surface area contributed by atoms with Crippen LogP contribution in [-0.2, 0) is 0 Å². The van der Waals surface area contributed by atoms with Gasteiger partial charge in [-0.25, -0.2) is 4.39 Å². The van der Waals surface area contributed by atoms with Gasteiger partial charge in [0.1, 0.15) is 5.82 Å². The van der Waals surface area contributed by atoms with Gasteiger partial charge in [-0.05, 0) is 48.8 Å². The number of hydrogen-bond donors (Lipinski definition) is 2. The molecule has 1 aromatic carbocycles. The van der Waals surface area contributed by atoms with Crippen LogP contribution >= 0.6 is 11.8 Å². The number of benzene rings is 1. The summed E-state index contributed by atoms with van der Waals surface area (Å²) in [5.74, 6) is 0.911. The zero-order valence-electron chi connectivity index (χ0n) is 10.3. The van der Waals surface area contributed by atoms with Crippen molar-refractivity contribution in [3.05, 3.63) is 29.6 Å².